The topological polar surface area (TPSA) is 50.4 Å². The van der Waals surface area contributed by atoms with Crippen LogP contribution in [0.15, 0.2) is 18.2 Å². The second kappa shape index (κ2) is 6.84. The third-order valence-corrected chi connectivity index (χ3v) is 2.98. The average Bonchev–Trinajstić information content (AvgIpc) is 2.33. The van der Waals surface area contributed by atoms with Crippen LogP contribution in [0.3, 0.4) is 0 Å². The van der Waals surface area contributed by atoms with E-state index in [9.17, 15) is 9.18 Å². The molecule has 2 atom stereocenters. The number of aryl methyl sites for hydroxylation is 1. The van der Waals surface area contributed by atoms with Crippen LogP contribution in [0.1, 0.15) is 12.5 Å². The van der Waals surface area contributed by atoms with Gasteiger partial charge in [-0.05, 0) is 31.5 Å². The van der Waals surface area contributed by atoms with Gasteiger partial charge in [-0.2, -0.15) is 0 Å². The lowest BCUT2D eigenvalue weighted by molar-refractivity contribution is -0.123. The summed E-state index contributed by atoms with van der Waals surface area (Å²) < 4.78 is 19.0. The number of benzene rings is 1. The first-order valence-electron chi connectivity index (χ1n) is 6.00. The molecule has 1 heterocycles. The fourth-order valence-corrected chi connectivity index (χ4v) is 1.96. The highest BCUT2D eigenvalue weighted by molar-refractivity contribution is 5.95. The van der Waals surface area contributed by atoms with E-state index in [0.717, 1.165) is 5.56 Å². The van der Waals surface area contributed by atoms with Crippen molar-refractivity contribution in [3.63, 3.8) is 0 Å². The number of hydrogen-bond donors (Lipinski definition) is 2. The van der Waals surface area contributed by atoms with E-state index >= 15 is 0 Å². The van der Waals surface area contributed by atoms with E-state index in [0.29, 0.717) is 13.2 Å². The summed E-state index contributed by atoms with van der Waals surface area (Å²) in [6.07, 6.45) is -0.216. The molecule has 6 heteroatoms. The molecule has 2 rings (SSSR count). The van der Waals surface area contributed by atoms with Gasteiger partial charge >= 0.3 is 0 Å². The monoisotopic (exact) mass is 288 g/mol. The van der Waals surface area contributed by atoms with Crippen molar-refractivity contribution < 1.29 is 13.9 Å². The van der Waals surface area contributed by atoms with E-state index in [1.807, 2.05) is 6.92 Å². The molecule has 0 aliphatic carbocycles. The number of anilines is 1. The Morgan fingerprint density at radius 2 is 2.26 bits per heavy atom. The Balaban J connectivity index is 0.00000180. The third kappa shape index (κ3) is 3.89. The standard InChI is InChI=1S/C13H17FN2O2.ClH/c1-8-3-4-11(10(14)7-8)16-13(17)12-9(2)18-6-5-15-12;/h3-4,7,9,12,15H,5-6H2,1-2H3,(H,16,17);1H/t9-,12+;/m1./s1. The number of morpholine rings is 1. The minimum absolute atomic E-state index is 0. The molecule has 1 amide bonds. The molecule has 1 aromatic carbocycles. The fourth-order valence-electron chi connectivity index (χ4n) is 1.96. The number of halogens is 2. The van der Waals surface area contributed by atoms with Crippen molar-refractivity contribution in [3.05, 3.63) is 29.6 Å². The van der Waals surface area contributed by atoms with Gasteiger partial charge in [-0.3, -0.25) is 4.79 Å². The predicted octanol–water partition coefficient (Wildman–Crippen LogP) is 1.87. The lowest BCUT2D eigenvalue weighted by Gasteiger charge is -2.29. The normalized spacial score (nSPS) is 22.5. The Bertz CT molecular complexity index is 456. The highest BCUT2D eigenvalue weighted by Crippen LogP contribution is 2.16. The molecule has 106 valence electrons. The molecule has 1 aliphatic rings. The highest BCUT2D eigenvalue weighted by Gasteiger charge is 2.28. The first-order valence-corrected chi connectivity index (χ1v) is 6.00. The molecule has 1 saturated heterocycles. The molecule has 0 bridgehead atoms. The zero-order chi connectivity index (χ0) is 13.1. The zero-order valence-corrected chi connectivity index (χ0v) is 11.7. The lowest BCUT2D eigenvalue weighted by atomic mass is 10.1. The number of nitrogens with one attached hydrogen (secondary N) is 2. The Kier molecular flexibility index (Phi) is 5.72. The van der Waals surface area contributed by atoms with Crippen LogP contribution in [0.5, 0.6) is 0 Å². The van der Waals surface area contributed by atoms with Crippen LogP contribution in [0.2, 0.25) is 0 Å². The molecule has 2 N–H and O–H groups in total. The van der Waals surface area contributed by atoms with Gasteiger partial charge in [0.05, 0.1) is 18.4 Å². The van der Waals surface area contributed by atoms with E-state index < -0.39 is 11.9 Å². The lowest BCUT2D eigenvalue weighted by Crippen LogP contribution is -2.53. The van der Waals surface area contributed by atoms with Crippen LogP contribution in [0.25, 0.3) is 0 Å². The van der Waals surface area contributed by atoms with Crippen molar-refractivity contribution in [1.82, 2.24) is 5.32 Å². The molecule has 1 aromatic rings. The van der Waals surface area contributed by atoms with Gasteiger partial charge in [0.15, 0.2) is 0 Å². The summed E-state index contributed by atoms with van der Waals surface area (Å²) in [5, 5.41) is 5.64. The zero-order valence-electron chi connectivity index (χ0n) is 10.9. The van der Waals surface area contributed by atoms with E-state index in [1.165, 1.54) is 6.07 Å². The van der Waals surface area contributed by atoms with Crippen molar-refractivity contribution in [2.75, 3.05) is 18.5 Å². The van der Waals surface area contributed by atoms with Gasteiger partial charge in [-0.1, -0.05) is 6.07 Å². The molecular weight excluding hydrogens is 271 g/mol. The summed E-state index contributed by atoms with van der Waals surface area (Å²) >= 11 is 0. The maximum Gasteiger partial charge on any atom is 0.244 e. The number of rotatable bonds is 2. The molecule has 1 aliphatic heterocycles. The molecule has 0 radical (unpaired) electrons. The smallest absolute Gasteiger partial charge is 0.244 e. The summed E-state index contributed by atoms with van der Waals surface area (Å²) in [6, 6.07) is 4.27. The van der Waals surface area contributed by atoms with Crippen molar-refractivity contribution in [3.8, 4) is 0 Å². The average molecular weight is 289 g/mol. The Morgan fingerprint density at radius 1 is 1.53 bits per heavy atom. The summed E-state index contributed by atoms with van der Waals surface area (Å²) in [6.45, 7) is 4.83. The number of carbonyl (C=O) groups excluding carboxylic acids is 1. The second-order valence-corrected chi connectivity index (χ2v) is 4.48. The maximum absolute atomic E-state index is 13.6. The van der Waals surface area contributed by atoms with Crippen LogP contribution in [0, 0.1) is 12.7 Å². The largest absolute Gasteiger partial charge is 0.375 e. The summed E-state index contributed by atoms with van der Waals surface area (Å²) in [5.41, 5.74) is 1.02. The van der Waals surface area contributed by atoms with Crippen LogP contribution < -0.4 is 10.6 Å². The second-order valence-electron chi connectivity index (χ2n) is 4.48. The highest BCUT2D eigenvalue weighted by atomic mass is 35.5. The molecule has 0 aromatic heterocycles. The van der Waals surface area contributed by atoms with E-state index in [1.54, 1.807) is 19.1 Å². The van der Waals surface area contributed by atoms with Crippen LogP contribution in [-0.2, 0) is 9.53 Å². The van der Waals surface area contributed by atoms with Gasteiger partial charge in [0.25, 0.3) is 0 Å². The van der Waals surface area contributed by atoms with E-state index in [-0.39, 0.29) is 30.1 Å². The van der Waals surface area contributed by atoms with Gasteiger partial charge in [-0.15, -0.1) is 12.4 Å². The predicted molar refractivity (Wildman–Crippen MR) is 74.2 cm³/mol. The molecule has 4 nitrogen and oxygen atoms in total. The molecule has 1 fully saturated rings. The molecule has 0 saturated carbocycles. The minimum Gasteiger partial charge on any atom is -0.375 e. The Hall–Kier alpha value is -1.17. The van der Waals surface area contributed by atoms with Crippen LogP contribution in [0.4, 0.5) is 10.1 Å². The first-order chi connectivity index (χ1) is 8.58. The SMILES string of the molecule is Cc1ccc(NC(=O)[C@H]2NCCO[C@@H]2C)c(F)c1.Cl. The van der Waals surface area contributed by atoms with Gasteiger partial charge in [0.1, 0.15) is 11.9 Å². The van der Waals surface area contributed by atoms with Crippen LogP contribution in [-0.4, -0.2) is 31.2 Å². The van der Waals surface area contributed by atoms with Gasteiger partial charge in [-0.25, -0.2) is 4.39 Å². The van der Waals surface area contributed by atoms with Crippen molar-refractivity contribution in [1.29, 1.82) is 0 Å². The maximum atomic E-state index is 13.6. The van der Waals surface area contributed by atoms with E-state index in [4.69, 9.17) is 4.74 Å². The summed E-state index contributed by atoms with van der Waals surface area (Å²) in [4.78, 5) is 12.0. The van der Waals surface area contributed by atoms with Gasteiger partial charge in [0, 0.05) is 6.54 Å². The van der Waals surface area contributed by atoms with Crippen LogP contribution >= 0.6 is 12.4 Å². The Morgan fingerprint density at radius 3 is 2.89 bits per heavy atom. The van der Waals surface area contributed by atoms with Gasteiger partial charge in [0.2, 0.25) is 5.91 Å². The molecule has 0 spiro atoms. The van der Waals surface area contributed by atoms with Gasteiger partial charge < -0.3 is 15.4 Å². The first kappa shape index (κ1) is 15.9. The molecular formula is C13H18ClFN2O2. The fraction of sp³-hybridized carbons (Fsp3) is 0.462. The quantitative estimate of drug-likeness (QED) is 0.873. The number of hydrogen-bond acceptors (Lipinski definition) is 3. The summed E-state index contributed by atoms with van der Waals surface area (Å²) in [7, 11) is 0. The minimum atomic E-state index is -0.445. The molecule has 19 heavy (non-hydrogen) atoms. The number of carbonyl (C=O) groups is 1. The van der Waals surface area contributed by atoms with Crippen molar-refractivity contribution in [2.45, 2.75) is 26.0 Å². The number of amides is 1. The third-order valence-electron chi connectivity index (χ3n) is 2.98. The molecule has 0 unspecified atom stereocenters. The van der Waals surface area contributed by atoms with Crippen molar-refractivity contribution >= 4 is 24.0 Å². The number of ether oxygens (including phenoxy) is 1. The summed E-state index contributed by atoms with van der Waals surface area (Å²) in [5.74, 6) is -0.697. The van der Waals surface area contributed by atoms with Crippen molar-refractivity contribution in [2.24, 2.45) is 0 Å². The van der Waals surface area contributed by atoms with E-state index in [2.05, 4.69) is 10.6 Å². The Labute approximate surface area is 118 Å².